The summed E-state index contributed by atoms with van der Waals surface area (Å²) in [4.78, 5) is 53.0. The van der Waals surface area contributed by atoms with Crippen molar-refractivity contribution in [1.82, 2.24) is 4.57 Å². The fourth-order valence-electron chi connectivity index (χ4n) is 6.31. The van der Waals surface area contributed by atoms with Crippen LogP contribution in [0.4, 0.5) is 11.6 Å². The Hall–Kier alpha value is -5.69. The van der Waals surface area contributed by atoms with Crippen molar-refractivity contribution in [3.8, 4) is 28.4 Å². The van der Waals surface area contributed by atoms with Crippen molar-refractivity contribution < 1.29 is 47.7 Å². The van der Waals surface area contributed by atoms with Crippen molar-refractivity contribution in [1.29, 1.82) is 0 Å². The number of hydrogen-bond donors (Lipinski definition) is 1. The van der Waals surface area contributed by atoms with Gasteiger partial charge in [-0.05, 0) is 42.0 Å². The first-order chi connectivity index (χ1) is 23.1. The molecule has 13 nitrogen and oxygen atoms in total. The van der Waals surface area contributed by atoms with Crippen molar-refractivity contribution >= 4 is 29.5 Å². The van der Waals surface area contributed by atoms with Crippen molar-refractivity contribution in [3.63, 3.8) is 0 Å². The quantitative estimate of drug-likeness (QED) is 0.161. The number of anilines is 2. The normalized spacial score (nSPS) is 20.0. The predicted octanol–water partition coefficient (Wildman–Crippen LogP) is 3.35. The van der Waals surface area contributed by atoms with Gasteiger partial charge in [-0.15, -0.1) is 0 Å². The molecule has 1 aromatic heterocycles. The highest BCUT2D eigenvalue weighted by atomic mass is 16.6. The third-order valence-corrected chi connectivity index (χ3v) is 8.17. The highest BCUT2D eigenvalue weighted by Gasteiger charge is 2.65. The van der Waals surface area contributed by atoms with Crippen LogP contribution in [-0.4, -0.2) is 65.8 Å². The second kappa shape index (κ2) is 13.2. The third kappa shape index (κ3) is 5.84. The molecular formula is C35H34N3O10+. The molecule has 0 amide bonds. The maximum Gasteiger partial charge on any atom is 0.378 e. The number of benzene rings is 3. The van der Waals surface area contributed by atoms with Crippen LogP contribution >= 0.6 is 0 Å². The van der Waals surface area contributed by atoms with Crippen LogP contribution in [0.1, 0.15) is 26.8 Å². The van der Waals surface area contributed by atoms with E-state index in [9.17, 15) is 24.3 Å². The minimum Gasteiger partial charge on any atom is -0.497 e. The number of carbonyl (C=O) groups is 3. The topological polar surface area (TPSA) is 147 Å². The van der Waals surface area contributed by atoms with Gasteiger partial charge in [0.2, 0.25) is 6.23 Å². The first kappa shape index (κ1) is 32.3. The van der Waals surface area contributed by atoms with Gasteiger partial charge in [0, 0.05) is 20.8 Å². The number of rotatable bonds is 9. The van der Waals surface area contributed by atoms with E-state index in [0.29, 0.717) is 22.7 Å². The van der Waals surface area contributed by atoms with Gasteiger partial charge in [-0.1, -0.05) is 48.5 Å². The van der Waals surface area contributed by atoms with Gasteiger partial charge in [-0.2, -0.15) is 9.13 Å². The Labute approximate surface area is 275 Å². The van der Waals surface area contributed by atoms with Gasteiger partial charge in [-0.3, -0.25) is 14.4 Å². The molecule has 0 radical (unpaired) electrons. The van der Waals surface area contributed by atoms with Crippen LogP contribution in [0.5, 0.6) is 11.6 Å². The van der Waals surface area contributed by atoms with Crippen LogP contribution in [0, 0.1) is 0 Å². The van der Waals surface area contributed by atoms with Crippen molar-refractivity contribution in [2.24, 2.45) is 0 Å². The van der Waals surface area contributed by atoms with Crippen LogP contribution in [0.2, 0.25) is 0 Å². The monoisotopic (exact) mass is 656 g/mol. The Morgan fingerprint density at radius 1 is 0.875 bits per heavy atom. The summed E-state index contributed by atoms with van der Waals surface area (Å²) < 4.78 is 31.6. The lowest BCUT2D eigenvalue weighted by Crippen LogP contribution is -2.52. The molecule has 0 spiro atoms. The maximum atomic E-state index is 14.6. The highest BCUT2D eigenvalue weighted by Crippen LogP contribution is 2.47. The van der Waals surface area contributed by atoms with E-state index in [1.165, 1.54) is 37.0 Å². The number of aromatic hydroxyl groups is 1. The van der Waals surface area contributed by atoms with Gasteiger partial charge in [0.15, 0.2) is 18.2 Å². The molecule has 6 rings (SSSR count). The van der Waals surface area contributed by atoms with Gasteiger partial charge >= 0.3 is 29.4 Å². The molecule has 4 aromatic rings. The summed E-state index contributed by atoms with van der Waals surface area (Å²) in [5, 5.41) is 12.2. The van der Waals surface area contributed by atoms with Gasteiger partial charge < -0.3 is 28.8 Å². The van der Waals surface area contributed by atoms with E-state index < -0.39 is 59.9 Å². The number of aromatic nitrogens is 2. The molecular weight excluding hydrogens is 622 g/mol. The predicted molar refractivity (Wildman–Crippen MR) is 170 cm³/mol. The highest BCUT2D eigenvalue weighted by molar-refractivity contribution is 5.70. The van der Waals surface area contributed by atoms with Gasteiger partial charge in [-0.25, -0.2) is 9.69 Å². The minimum atomic E-state index is -1.19. The van der Waals surface area contributed by atoms with Crippen LogP contribution < -0.4 is 19.8 Å². The summed E-state index contributed by atoms with van der Waals surface area (Å²) in [6.07, 6.45) is -4.55. The molecule has 1 saturated heterocycles. The van der Waals surface area contributed by atoms with Crippen LogP contribution in [-0.2, 0) is 33.3 Å². The van der Waals surface area contributed by atoms with E-state index in [4.69, 9.17) is 23.7 Å². The van der Waals surface area contributed by atoms with Gasteiger partial charge in [0.05, 0.1) is 7.11 Å². The number of carbonyl (C=O) groups excluding carboxylic acids is 3. The van der Waals surface area contributed by atoms with E-state index in [-0.39, 0.29) is 18.1 Å². The van der Waals surface area contributed by atoms with E-state index in [1.54, 1.807) is 83.8 Å². The molecule has 0 bridgehead atoms. The summed E-state index contributed by atoms with van der Waals surface area (Å²) in [7, 11) is 1.54. The molecule has 1 fully saturated rings. The lowest BCUT2D eigenvalue weighted by atomic mass is 10.0. The van der Waals surface area contributed by atoms with Crippen LogP contribution in [0.15, 0.2) is 89.7 Å². The molecule has 2 aliphatic heterocycles. The van der Waals surface area contributed by atoms with Crippen LogP contribution in [0.3, 0.4) is 0 Å². The Kier molecular flexibility index (Phi) is 8.87. The summed E-state index contributed by atoms with van der Waals surface area (Å²) in [6.45, 7) is 3.25. The average Bonchev–Trinajstić information content (AvgIpc) is 3.58. The molecule has 0 unspecified atom stereocenters. The Bertz CT molecular complexity index is 1900. The van der Waals surface area contributed by atoms with Crippen LogP contribution in [0.25, 0.3) is 16.8 Å². The fraction of sp³-hybridized carbons (Fsp3) is 0.286. The average molecular weight is 657 g/mol. The van der Waals surface area contributed by atoms with Gasteiger partial charge in [0.25, 0.3) is 5.88 Å². The molecule has 3 aromatic carbocycles. The lowest BCUT2D eigenvalue weighted by Gasteiger charge is -2.28. The first-order valence-electron chi connectivity index (χ1n) is 15.2. The zero-order chi connectivity index (χ0) is 34.1. The van der Waals surface area contributed by atoms with E-state index >= 15 is 0 Å². The molecule has 0 aliphatic carbocycles. The Morgan fingerprint density at radius 3 is 2.10 bits per heavy atom. The third-order valence-electron chi connectivity index (χ3n) is 8.17. The van der Waals surface area contributed by atoms with E-state index in [2.05, 4.69) is 0 Å². The second-order valence-corrected chi connectivity index (χ2v) is 11.3. The van der Waals surface area contributed by atoms with Crippen molar-refractivity contribution in [3.05, 3.63) is 95.3 Å². The number of methoxy groups -OCH3 is 1. The number of para-hydroxylation sites is 1. The van der Waals surface area contributed by atoms with Crippen molar-refractivity contribution in [2.75, 3.05) is 18.6 Å². The summed E-state index contributed by atoms with van der Waals surface area (Å²) in [5.74, 6) is -1.58. The fourth-order valence-corrected chi connectivity index (χ4v) is 6.31. The molecule has 3 heterocycles. The zero-order valence-corrected chi connectivity index (χ0v) is 26.6. The maximum absolute atomic E-state index is 14.6. The molecule has 0 saturated carbocycles. The first-order valence-corrected chi connectivity index (χ1v) is 15.2. The minimum absolute atomic E-state index is 0.00898. The number of esters is 3. The zero-order valence-electron chi connectivity index (χ0n) is 26.6. The molecule has 48 heavy (non-hydrogen) atoms. The summed E-state index contributed by atoms with van der Waals surface area (Å²) in [6, 6.07) is 23.6. The SMILES string of the molecule is COc1ccc(-n2c3[n+](c(O)c(-c4ccccc4)c2=O)[C@@H]2[C@@H](OC(C)=O)[C@@H]([C@@H](COC(C)=O)OC(C)=O)O[C@@H]2N3c2ccccc2)cc1. The van der Waals surface area contributed by atoms with Gasteiger partial charge in [0.1, 0.15) is 35.4 Å². The number of ether oxygens (including phenoxy) is 5. The molecule has 2 aliphatic rings. The largest absolute Gasteiger partial charge is 0.497 e. The number of hydrogen-bond acceptors (Lipinski definition) is 11. The Balaban J connectivity index is 1.66. The number of nitrogens with zero attached hydrogens (tertiary/aromatic N) is 3. The Morgan fingerprint density at radius 2 is 1.52 bits per heavy atom. The molecule has 5 atom stereocenters. The van der Waals surface area contributed by atoms with E-state index in [0.717, 1.165) is 0 Å². The summed E-state index contributed by atoms with van der Waals surface area (Å²) >= 11 is 0. The molecule has 1 N–H and O–H groups in total. The van der Waals surface area contributed by atoms with Crippen molar-refractivity contribution in [2.45, 2.75) is 51.4 Å². The molecule has 13 heteroatoms. The lowest BCUT2D eigenvalue weighted by molar-refractivity contribution is -0.714. The van der Waals surface area contributed by atoms with E-state index in [1.807, 2.05) is 6.07 Å². The number of fused-ring (bicyclic) bond motifs is 3. The standard InChI is InChI=1S/C35H33N3O10/c1-20(39)45-19-27(46-21(2)40)30-31(47-22(3)41)29-34(48-30)37(24-13-9-6-10-14-24)35-36(25-15-17-26(44-4)18-16-25)32(42)28(33(43)38(29)35)23-11-7-5-8-12-23/h5-18,27,29-31,34H,19H2,1-4H3/p+1/t27-,29-,30-,31-,34+/m1/s1. The summed E-state index contributed by atoms with van der Waals surface area (Å²) in [5.41, 5.74) is 0.948. The second-order valence-electron chi connectivity index (χ2n) is 11.3. The molecule has 248 valence electrons. The smallest absolute Gasteiger partial charge is 0.378 e.